The quantitative estimate of drug-likeness (QED) is 0.594. The lowest BCUT2D eigenvalue weighted by Crippen LogP contribution is -2.00. The Balaban J connectivity index is 1.82. The molecule has 0 bridgehead atoms. The molecule has 0 radical (unpaired) electrons. The molecule has 0 amide bonds. The summed E-state index contributed by atoms with van der Waals surface area (Å²) in [6, 6.07) is 7.48. The summed E-state index contributed by atoms with van der Waals surface area (Å²) in [4.78, 5) is 8.68. The molecule has 0 spiro atoms. The van der Waals surface area contributed by atoms with Crippen LogP contribution in [0.1, 0.15) is 0 Å². The smallest absolute Gasteiger partial charge is 0.231 e. The van der Waals surface area contributed by atoms with Crippen LogP contribution in [0.4, 0.5) is 5.82 Å². The zero-order chi connectivity index (χ0) is 16.1. The fourth-order valence-corrected chi connectivity index (χ4v) is 2.73. The molecule has 4 aromatic rings. The number of nitrogens with two attached hydrogens (primary N) is 1. The minimum atomic E-state index is 0.167. The van der Waals surface area contributed by atoms with Gasteiger partial charge < -0.3 is 15.2 Å². The summed E-state index contributed by atoms with van der Waals surface area (Å²) < 4.78 is 17.4. The molecule has 0 saturated carbocycles. The molecule has 9 heteroatoms. The fourth-order valence-electron chi connectivity index (χ4n) is 2.73. The number of anilines is 1. The van der Waals surface area contributed by atoms with Crippen LogP contribution in [-0.2, 0) is 0 Å². The topological polar surface area (TPSA) is 114 Å². The summed E-state index contributed by atoms with van der Waals surface area (Å²) in [5, 5.41) is 7.50. The van der Waals surface area contributed by atoms with Crippen LogP contribution in [0.5, 0.6) is 11.5 Å². The molecule has 0 saturated heterocycles. The standard InChI is InChI=1S/C15H10N6O3/c16-14-13(19-24-20-14)15-18-9-6-17-4-3-10(9)21(15)8-1-2-11-12(5-8)23-7-22-11/h1-6H,7H2,(H2,16,20). The fraction of sp³-hybridized carbons (Fsp3) is 0.0667. The average Bonchev–Trinajstić information content (AvgIpc) is 3.30. The molecule has 1 aromatic carbocycles. The van der Waals surface area contributed by atoms with Crippen molar-refractivity contribution in [2.24, 2.45) is 0 Å². The molecular formula is C15H10N6O3. The van der Waals surface area contributed by atoms with Gasteiger partial charge in [0.1, 0.15) is 5.52 Å². The first kappa shape index (κ1) is 12.9. The zero-order valence-corrected chi connectivity index (χ0v) is 12.2. The van der Waals surface area contributed by atoms with Crippen molar-refractivity contribution in [3.63, 3.8) is 0 Å². The van der Waals surface area contributed by atoms with E-state index in [4.69, 9.17) is 19.8 Å². The van der Waals surface area contributed by atoms with Crippen molar-refractivity contribution < 1.29 is 14.1 Å². The Labute approximate surface area is 134 Å². The molecule has 0 unspecified atom stereocenters. The molecule has 2 N–H and O–H groups in total. The van der Waals surface area contributed by atoms with Gasteiger partial charge >= 0.3 is 0 Å². The van der Waals surface area contributed by atoms with Crippen molar-refractivity contribution in [3.8, 4) is 28.7 Å². The van der Waals surface area contributed by atoms with Gasteiger partial charge in [0.05, 0.1) is 17.4 Å². The second kappa shape index (κ2) is 4.69. The average molecular weight is 322 g/mol. The second-order valence-corrected chi connectivity index (χ2v) is 5.17. The lowest BCUT2D eigenvalue weighted by Gasteiger charge is -2.08. The number of rotatable bonds is 2. The molecule has 24 heavy (non-hydrogen) atoms. The SMILES string of the molecule is Nc1nonc1-c1nc2cnccc2n1-c1ccc2c(c1)OCO2. The summed E-state index contributed by atoms with van der Waals surface area (Å²) in [5.74, 6) is 2.05. The van der Waals surface area contributed by atoms with Gasteiger partial charge in [-0.3, -0.25) is 9.55 Å². The van der Waals surface area contributed by atoms with Gasteiger partial charge in [-0.15, -0.1) is 0 Å². The van der Waals surface area contributed by atoms with E-state index in [1.807, 2.05) is 28.8 Å². The maximum Gasteiger partial charge on any atom is 0.231 e. The monoisotopic (exact) mass is 322 g/mol. The molecule has 0 aliphatic carbocycles. The molecule has 118 valence electrons. The van der Waals surface area contributed by atoms with Gasteiger partial charge in [-0.05, 0) is 28.5 Å². The summed E-state index contributed by atoms with van der Waals surface area (Å²) >= 11 is 0. The minimum absolute atomic E-state index is 0.167. The number of imidazole rings is 1. The van der Waals surface area contributed by atoms with Crippen LogP contribution < -0.4 is 15.2 Å². The number of benzene rings is 1. The van der Waals surface area contributed by atoms with E-state index in [1.54, 1.807) is 12.4 Å². The van der Waals surface area contributed by atoms with Crippen LogP contribution in [0.15, 0.2) is 41.3 Å². The van der Waals surface area contributed by atoms with E-state index in [2.05, 4.69) is 20.3 Å². The summed E-state index contributed by atoms with van der Waals surface area (Å²) in [6.07, 6.45) is 3.37. The lowest BCUT2D eigenvalue weighted by atomic mass is 10.2. The van der Waals surface area contributed by atoms with E-state index in [1.165, 1.54) is 0 Å². The molecule has 3 aromatic heterocycles. The van der Waals surface area contributed by atoms with Crippen LogP contribution in [0.3, 0.4) is 0 Å². The number of nitrogen functional groups attached to an aromatic ring is 1. The summed E-state index contributed by atoms with van der Waals surface area (Å²) in [6.45, 7) is 0.209. The third-order valence-electron chi connectivity index (χ3n) is 3.80. The molecule has 5 rings (SSSR count). The number of fused-ring (bicyclic) bond motifs is 2. The number of hydrogen-bond acceptors (Lipinski definition) is 8. The van der Waals surface area contributed by atoms with E-state index in [9.17, 15) is 0 Å². The predicted octanol–water partition coefficient (Wildman–Crippen LogP) is 1.78. The van der Waals surface area contributed by atoms with E-state index < -0.39 is 0 Å². The Morgan fingerprint density at radius 1 is 1.08 bits per heavy atom. The Kier molecular flexibility index (Phi) is 2.51. The molecule has 4 heterocycles. The number of pyridine rings is 1. The van der Waals surface area contributed by atoms with Crippen LogP contribution in [-0.4, -0.2) is 31.6 Å². The molecular weight excluding hydrogens is 312 g/mol. The van der Waals surface area contributed by atoms with Gasteiger partial charge in [-0.2, -0.15) is 0 Å². The summed E-state index contributed by atoms with van der Waals surface area (Å²) in [5.41, 5.74) is 8.59. The molecule has 9 nitrogen and oxygen atoms in total. The van der Waals surface area contributed by atoms with Crippen molar-refractivity contribution in [2.45, 2.75) is 0 Å². The number of ether oxygens (including phenoxy) is 2. The van der Waals surface area contributed by atoms with E-state index in [0.717, 1.165) is 11.2 Å². The summed E-state index contributed by atoms with van der Waals surface area (Å²) in [7, 11) is 0. The third kappa shape index (κ3) is 1.75. The maximum absolute atomic E-state index is 5.85. The van der Waals surface area contributed by atoms with Gasteiger partial charge in [0.2, 0.25) is 6.79 Å². The first-order valence-corrected chi connectivity index (χ1v) is 7.12. The van der Waals surface area contributed by atoms with Gasteiger partial charge in [-0.25, -0.2) is 9.61 Å². The number of hydrogen-bond donors (Lipinski definition) is 1. The van der Waals surface area contributed by atoms with E-state index in [-0.39, 0.29) is 12.6 Å². The zero-order valence-electron chi connectivity index (χ0n) is 12.2. The van der Waals surface area contributed by atoms with Gasteiger partial charge in [0.15, 0.2) is 28.8 Å². The Bertz CT molecular complexity index is 1070. The van der Waals surface area contributed by atoms with Crippen LogP contribution in [0.25, 0.3) is 28.2 Å². The molecule has 1 aliphatic heterocycles. The molecule has 0 fully saturated rings. The van der Waals surface area contributed by atoms with E-state index >= 15 is 0 Å². The number of aromatic nitrogens is 5. The molecule has 0 atom stereocenters. The van der Waals surface area contributed by atoms with Crippen molar-refractivity contribution in [1.29, 1.82) is 0 Å². The Hall–Kier alpha value is -3.62. The highest BCUT2D eigenvalue weighted by Gasteiger charge is 2.22. The maximum atomic E-state index is 5.85. The van der Waals surface area contributed by atoms with Gasteiger partial charge in [0.25, 0.3) is 0 Å². The molecule has 1 aliphatic rings. The van der Waals surface area contributed by atoms with Gasteiger partial charge in [0, 0.05) is 12.3 Å². The minimum Gasteiger partial charge on any atom is -0.454 e. The normalized spacial score (nSPS) is 12.8. The van der Waals surface area contributed by atoms with Crippen LogP contribution in [0.2, 0.25) is 0 Å². The Morgan fingerprint density at radius 3 is 2.88 bits per heavy atom. The second-order valence-electron chi connectivity index (χ2n) is 5.17. The van der Waals surface area contributed by atoms with Crippen molar-refractivity contribution >= 4 is 16.9 Å². The third-order valence-corrected chi connectivity index (χ3v) is 3.80. The van der Waals surface area contributed by atoms with Crippen molar-refractivity contribution in [1.82, 2.24) is 24.8 Å². The van der Waals surface area contributed by atoms with Crippen molar-refractivity contribution in [3.05, 3.63) is 36.7 Å². The highest BCUT2D eigenvalue weighted by molar-refractivity contribution is 5.83. The lowest BCUT2D eigenvalue weighted by molar-refractivity contribution is 0.174. The first-order chi connectivity index (χ1) is 11.8. The highest BCUT2D eigenvalue weighted by Crippen LogP contribution is 2.36. The van der Waals surface area contributed by atoms with Crippen molar-refractivity contribution in [2.75, 3.05) is 12.5 Å². The number of nitrogens with zero attached hydrogens (tertiary/aromatic N) is 5. The predicted molar refractivity (Wildman–Crippen MR) is 82.7 cm³/mol. The van der Waals surface area contributed by atoms with Gasteiger partial charge in [-0.1, -0.05) is 0 Å². The largest absolute Gasteiger partial charge is 0.454 e. The Morgan fingerprint density at radius 2 is 2.00 bits per heavy atom. The van der Waals surface area contributed by atoms with E-state index in [0.29, 0.717) is 28.5 Å². The highest BCUT2D eigenvalue weighted by atomic mass is 16.7. The first-order valence-electron chi connectivity index (χ1n) is 7.12. The van der Waals surface area contributed by atoms with Crippen LogP contribution in [0, 0.1) is 0 Å². The van der Waals surface area contributed by atoms with Crippen LogP contribution >= 0.6 is 0 Å².